The van der Waals surface area contributed by atoms with Crippen molar-refractivity contribution >= 4 is 17.4 Å². The van der Waals surface area contributed by atoms with Gasteiger partial charge in [-0.15, -0.1) is 0 Å². The second-order valence-corrected chi connectivity index (χ2v) is 10.6. The Balaban J connectivity index is 3.02. The zero-order valence-electron chi connectivity index (χ0n) is 23.3. The van der Waals surface area contributed by atoms with Crippen LogP contribution in [0.2, 0.25) is 0 Å². The summed E-state index contributed by atoms with van der Waals surface area (Å²) >= 11 is 5.51. The summed E-state index contributed by atoms with van der Waals surface area (Å²) in [6.07, 6.45) is 7.66. The fraction of sp³-hybridized carbons (Fsp3) is 0.552. The molecule has 0 saturated carbocycles. The number of hydrogen-bond donors (Lipinski definition) is 2. The van der Waals surface area contributed by atoms with Gasteiger partial charge in [0.2, 0.25) is 0 Å². The van der Waals surface area contributed by atoms with Gasteiger partial charge in [-0.05, 0) is 84.9 Å². The molecule has 1 rings (SSSR count). The number of aryl methyl sites for hydroxylation is 1. The van der Waals surface area contributed by atoms with Gasteiger partial charge in [0.1, 0.15) is 6.17 Å². The van der Waals surface area contributed by atoms with E-state index in [1.165, 1.54) is 5.56 Å². The monoisotopic (exact) mass is 501 g/mol. The highest BCUT2D eigenvalue weighted by atomic mass is 32.1. The molecule has 0 spiro atoms. The van der Waals surface area contributed by atoms with Crippen molar-refractivity contribution in [3.05, 3.63) is 59.2 Å². The SMILES string of the molecule is C=C(/C=C\C(=C/C(C)CC)C(N)NC(=S)Oc1cc(C)c(CCN(C)CC)cc1OC)C(C)(C)C. The lowest BCUT2D eigenvalue weighted by molar-refractivity contribution is 0.356. The van der Waals surface area contributed by atoms with Crippen molar-refractivity contribution in [3.8, 4) is 11.5 Å². The molecule has 0 aromatic heterocycles. The third-order valence-electron chi connectivity index (χ3n) is 6.32. The second-order valence-electron chi connectivity index (χ2n) is 10.2. The van der Waals surface area contributed by atoms with E-state index in [9.17, 15) is 0 Å². The zero-order valence-corrected chi connectivity index (χ0v) is 24.1. The second kappa shape index (κ2) is 14.4. The molecule has 0 heterocycles. The van der Waals surface area contributed by atoms with Gasteiger partial charge in [0.05, 0.1) is 7.11 Å². The molecule has 2 unspecified atom stereocenters. The van der Waals surface area contributed by atoms with Crippen molar-refractivity contribution in [3.63, 3.8) is 0 Å². The normalized spacial score (nSPS) is 14.2. The number of ether oxygens (including phenoxy) is 2. The minimum absolute atomic E-state index is 0.0134. The number of nitrogens with two attached hydrogens (primary N) is 1. The fourth-order valence-corrected chi connectivity index (χ4v) is 3.39. The molecule has 0 aliphatic rings. The molecule has 1 aromatic rings. The third kappa shape index (κ3) is 10.6. The van der Waals surface area contributed by atoms with Crippen LogP contribution in [0.15, 0.2) is 48.1 Å². The van der Waals surface area contributed by atoms with Crippen molar-refractivity contribution in [2.45, 2.75) is 67.5 Å². The van der Waals surface area contributed by atoms with Crippen molar-refractivity contribution < 1.29 is 9.47 Å². The van der Waals surface area contributed by atoms with Crippen LogP contribution in [0, 0.1) is 18.3 Å². The number of benzene rings is 1. The van der Waals surface area contributed by atoms with E-state index in [0.717, 1.165) is 42.6 Å². The summed E-state index contributed by atoms with van der Waals surface area (Å²) < 4.78 is 11.6. The maximum atomic E-state index is 6.51. The van der Waals surface area contributed by atoms with Gasteiger partial charge in [-0.3, -0.25) is 0 Å². The van der Waals surface area contributed by atoms with E-state index in [1.54, 1.807) is 7.11 Å². The summed E-state index contributed by atoms with van der Waals surface area (Å²) in [7, 11) is 3.76. The average molecular weight is 502 g/mol. The van der Waals surface area contributed by atoms with Crippen LogP contribution < -0.4 is 20.5 Å². The molecule has 1 aromatic carbocycles. The molecule has 196 valence electrons. The van der Waals surface area contributed by atoms with Crippen LogP contribution in [-0.2, 0) is 6.42 Å². The molecule has 3 N–H and O–H groups in total. The maximum absolute atomic E-state index is 6.51. The van der Waals surface area contributed by atoms with Crippen LogP contribution in [0.5, 0.6) is 11.5 Å². The van der Waals surface area contributed by atoms with Crippen molar-refractivity contribution in [2.75, 3.05) is 27.2 Å². The standard InChI is InChI=1S/C29H47N3O2S/c1-11-20(3)17-24(14-13-22(5)29(6,7)8)27(30)31-28(35)34-26-18-21(4)23(19-25(26)33-10)15-16-32(9)12-2/h13-14,17-20,27H,5,11-12,15-16,30H2,1-4,6-10H3,(H,31,35)/b14-13-,24-17+. The summed E-state index contributed by atoms with van der Waals surface area (Å²) in [4.78, 5) is 2.28. The van der Waals surface area contributed by atoms with Gasteiger partial charge in [-0.2, -0.15) is 0 Å². The van der Waals surface area contributed by atoms with E-state index in [2.05, 4.69) is 78.4 Å². The minimum Gasteiger partial charge on any atom is -0.493 e. The van der Waals surface area contributed by atoms with E-state index in [4.69, 9.17) is 27.4 Å². The van der Waals surface area contributed by atoms with Crippen molar-refractivity contribution in [2.24, 2.45) is 17.1 Å². The fourth-order valence-electron chi connectivity index (χ4n) is 3.18. The van der Waals surface area contributed by atoms with Crippen LogP contribution in [0.25, 0.3) is 0 Å². The molecule has 6 heteroatoms. The molecule has 35 heavy (non-hydrogen) atoms. The molecule has 0 radical (unpaired) electrons. The van der Waals surface area contributed by atoms with Crippen LogP contribution >= 0.6 is 12.2 Å². The van der Waals surface area contributed by atoms with Crippen LogP contribution in [0.1, 0.15) is 59.1 Å². The average Bonchev–Trinajstić information content (AvgIpc) is 2.79. The summed E-state index contributed by atoms with van der Waals surface area (Å²) in [6, 6.07) is 4.01. The first-order valence-electron chi connectivity index (χ1n) is 12.5. The molecule has 0 aliphatic carbocycles. The van der Waals surface area contributed by atoms with Gasteiger partial charge in [0.15, 0.2) is 11.5 Å². The number of methoxy groups -OCH3 is 1. The lowest BCUT2D eigenvalue weighted by Crippen LogP contribution is -2.44. The van der Waals surface area contributed by atoms with E-state index in [1.807, 2.05) is 24.3 Å². The van der Waals surface area contributed by atoms with E-state index < -0.39 is 6.17 Å². The third-order valence-corrected chi connectivity index (χ3v) is 6.52. The van der Waals surface area contributed by atoms with E-state index >= 15 is 0 Å². The molecular formula is C29H47N3O2S. The maximum Gasteiger partial charge on any atom is 0.263 e. The summed E-state index contributed by atoms with van der Waals surface area (Å²) in [5.74, 6) is 1.60. The molecule has 2 atom stereocenters. The molecular weight excluding hydrogens is 454 g/mol. The van der Waals surface area contributed by atoms with Gasteiger partial charge in [-0.1, -0.05) is 72.8 Å². The highest BCUT2D eigenvalue weighted by Crippen LogP contribution is 2.31. The quantitative estimate of drug-likeness (QED) is 0.203. The van der Waals surface area contributed by atoms with Gasteiger partial charge in [0.25, 0.3) is 5.17 Å². The Labute approximate surface area is 219 Å². The highest BCUT2D eigenvalue weighted by Gasteiger charge is 2.16. The Hall–Kier alpha value is -2.15. The zero-order chi connectivity index (χ0) is 26.8. The van der Waals surface area contributed by atoms with Gasteiger partial charge < -0.3 is 25.4 Å². The number of allylic oxidation sites excluding steroid dienone is 3. The first-order valence-corrected chi connectivity index (χ1v) is 12.9. The smallest absolute Gasteiger partial charge is 0.263 e. The summed E-state index contributed by atoms with van der Waals surface area (Å²) in [5, 5.41) is 3.33. The lowest BCUT2D eigenvalue weighted by atomic mass is 9.87. The predicted molar refractivity (Wildman–Crippen MR) is 154 cm³/mol. The Morgan fingerprint density at radius 3 is 2.43 bits per heavy atom. The molecule has 0 fully saturated rings. The van der Waals surface area contributed by atoms with Crippen LogP contribution in [-0.4, -0.2) is 43.5 Å². The minimum atomic E-state index is -0.517. The Bertz CT molecular complexity index is 915. The lowest BCUT2D eigenvalue weighted by Gasteiger charge is -2.22. The number of thiocarbonyl (C=S) groups is 1. The molecule has 0 aliphatic heterocycles. The number of hydrogen-bond acceptors (Lipinski definition) is 5. The van der Waals surface area contributed by atoms with Gasteiger partial charge in [0, 0.05) is 6.54 Å². The molecule has 5 nitrogen and oxygen atoms in total. The number of nitrogens with zero attached hydrogens (tertiary/aromatic N) is 1. The van der Waals surface area contributed by atoms with Crippen LogP contribution in [0.3, 0.4) is 0 Å². The van der Waals surface area contributed by atoms with Gasteiger partial charge in [-0.25, -0.2) is 0 Å². The molecule has 0 bridgehead atoms. The van der Waals surface area contributed by atoms with Crippen LogP contribution in [0.4, 0.5) is 0 Å². The van der Waals surface area contributed by atoms with Crippen molar-refractivity contribution in [1.29, 1.82) is 0 Å². The summed E-state index contributed by atoms with van der Waals surface area (Å²) in [6.45, 7) is 21.2. The Morgan fingerprint density at radius 1 is 1.23 bits per heavy atom. The number of rotatable bonds is 12. The first kappa shape index (κ1) is 30.9. The van der Waals surface area contributed by atoms with Gasteiger partial charge >= 0.3 is 0 Å². The molecule has 0 saturated heterocycles. The Kier molecular flexibility index (Phi) is 12.7. The van der Waals surface area contributed by atoms with E-state index in [0.29, 0.717) is 17.4 Å². The summed E-state index contributed by atoms with van der Waals surface area (Å²) in [5.41, 5.74) is 10.8. The highest BCUT2D eigenvalue weighted by molar-refractivity contribution is 7.80. The number of likely N-dealkylation sites (N-methyl/N-ethyl adjacent to an activating group) is 1. The number of nitrogens with one attached hydrogen (secondary N) is 1. The molecule has 0 amide bonds. The Morgan fingerprint density at radius 2 is 1.89 bits per heavy atom. The largest absolute Gasteiger partial charge is 0.493 e. The van der Waals surface area contributed by atoms with E-state index in [-0.39, 0.29) is 10.6 Å². The topological polar surface area (TPSA) is 59.8 Å². The van der Waals surface area contributed by atoms with Crippen molar-refractivity contribution in [1.82, 2.24) is 10.2 Å². The first-order chi connectivity index (χ1) is 16.3. The predicted octanol–water partition coefficient (Wildman–Crippen LogP) is 6.17.